The molecule has 7 heteroatoms. The molecule has 1 N–H and O–H groups in total. The van der Waals surface area contributed by atoms with E-state index in [0.717, 1.165) is 49.4 Å². The van der Waals surface area contributed by atoms with Crippen LogP contribution in [0, 0.1) is 18.8 Å². The van der Waals surface area contributed by atoms with Crippen LogP contribution < -0.4 is 0 Å². The Balaban J connectivity index is 0.00000222. The quantitative estimate of drug-likeness (QED) is 0.359. The van der Waals surface area contributed by atoms with E-state index >= 15 is 0 Å². The van der Waals surface area contributed by atoms with Crippen LogP contribution in [0.2, 0.25) is 0 Å². The molecule has 0 bridgehead atoms. The number of cyclic esters (lactones) is 1. The Morgan fingerprint density at radius 2 is 1.72 bits per heavy atom. The average molecular weight is 501 g/mol. The lowest BCUT2D eigenvalue weighted by atomic mass is 9.95. The highest BCUT2D eigenvalue weighted by Gasteiger charge is 2.27. The summed E-state index contributed by atoms with van der Waals surface area (Å²) in [4.78, 5) is 27.9. The van der Waals surface area contributed by atoms with Crippen LogP contribution >= 0.6 is 0 Å². The van der Waals surface area contributed by atoms with Crippen molar-refractivity contribution < 1.29 is 24.2 Å². The number of benzene rings is 1. The van der Waals surface area contributed by atoms with Gasteiger partial charge in [0, 0.05) is 50.7 Å². The van der Waals surface area contributed by atoms with E-state index in [0.29, 0.717) is 31.2 Å². The number of β-amino-alcohol motifs (C(OH)–C–C–N with tert-alkyl or cyclic N) is 1. The first kappa shape index (κ1) is 29.7. The van der Waals surface area contributed by atoms with Gasteiger partial charge in [-0.25, -0.2) is 4.79 Å². The van der Waals surface area contributed by atoms with Gasteiger partial charge in [0.15, 0.2) is 0 Å². The highest BCUT2D eigenvalue weighted by Crippen LogP contribution is 2.29. The smallest absolute Gasteiger partial charge is 0.338 e. The Labute approximate surface area is 216 Å². The van der Waals surface area contributed by atoms with Gasteiger partial charge in [0.25, 0.3) is 0 Å². The number of hydrogen-bond donors (Lipinski definition) is 1. The first-order chi connectivity index (χ1) is 17.3. The van der Waals surface area contributed by atoms with E-state index < -0.39 is 6.10 Å². The minimum atomic E-state index is -0.587. The lowest BCUT2D eigenvalue weighted by molar-refractivity contribution is -0.143. The van der Waals surface area contributed by atoms with Gasteiger partial charge in [-0.15, -0.1) is 6.58 Å². The molecule has 2 aliphatic rings. The van der Waals surface area contributed by atoms with Gasteiger partial charge >= 0.3 is 11.9 Å². The number of carbonyl (C=O) groups is 2. The normalized spacial score (nSPS) is 18.6. The molecule has 1 fully saturated rings. The molecule has 36 heavy (non-hydrogen) atoms. The Bertz CT molecular complexity index is 905. The highest BCUT2D eigenvalue weighted by atomic mass is 16.5. The van der Waals surface area contributed by atoms with E-state index in [4.69, 9.17) is 9.47 Å². The predicted molar refractivity (Wildman–Crippen MR) is 143 cm³/mol. The second kappa shape index (κ2) is 14.9. The Kier molecular flexibility index (Phi) is 12.3. The maximum atomic E-state index is 11.8. The van der Waals surface area contributed by atoms with E-state index in [-0.39, 0.29) is 24.3 Å². The number of nitrogens with zero attached hydrogens (tertiary/aromatic N) is 2. The van der Waals surface area contributed by atoms with Crippen molar-refractivity contribution in [2.45, 2.75) is 53.8 Å². The van der Waals surface area contributed by atoms with E-state index in [1.165, 1.54) is 0 Å². The van der Waals surface area contributed by atoms with Gasteiger partial charge in [0.2, 0.25) is 0 Å². The van der Waals surface area contributed by atoms with E-state index in [1.807, 2.05) is 33.8 Å². The maximum Gasteiger partial charge on any atom is 0.338 e. The molecule has 200 valence electrons. The molecule has 0 amide bonds. The minimum Gasteiger partial charge on any atom is -0.465 e. The fraction of sp³-hybridized carbons (Fsp3) is 0.586. The van der Waals surface area contributed by atoms with E-state index in [2.05, 4.69) is 35.5 Å². The molecule has 7 nitrogen and oxygen atoms in total. The number of rotatable bonds is 11. The van der Waals surface area contributed by atoms with Gasteiger partial charge in [-0.2, -0.15) is 0 Å². The topological polar surface area (TPSA) is 79.3 Å². The number of esters is 2. The number of ether oxygens (including phenoxy) is 2. The van der Waals surface area contributed by atoms with Crippen LogP contribution in [0.3, 0.4) is 0 Å². The van der Waals surface area contributed by atoms with Gasteiger partial charge in [-0.1, -0.05) is 52.0 Å². The number of aliphatic hydroxyl groups is 1. The van der Waals surface area contributed by atoms with Gasteiger partial charge in [0.05, 0.1) is 24.7 Å². The molecule has 0 radical (unpaired) electrons. The van der Waals surface area contributed by atoms with Crippen LogP contribution in [-0.2, 0) is 20.9 Å². The summed E-state index contributed by atoms with van der Waals surface area (Å²) < 4.78 is 10.3. The molecule has 0 aromatic heterocycles. The fourth-order valence-corrected chi connectivity index (χ4v) is 4.53. The van der Waals surface area contributed by atoms with Gasteiger partial charge in [0.1, 0.15) is 6.61 Å². The van der Waals surface area contributed by atoms with Gasteiger partial charge in [-0.05, 0) is 30.0 Å². The highest BCUT2D eigenvalue weighted by molar-refractivity contribution is 5.93. The maximum absolute atomic E-state index is 11.8. The largest absolute Gasteiger partial charge is 0.465 e. The summed E-state index contributed by atoms with van der Waals surface area (Å²) >= 11 is 0. The molecule has 0 saturated carbocycles. The molecule has 0 aliphatic carbocycles. The van der Waals surface area contributed by atoms with Crippen LogP contribution in [0.1, 0.15) is 67.3 Å². The Hall–Kier alpha value is -2.48. The average Bonchev–Trinajstić information content (AvgIpc) is 3.25. The van der Waals surface area contributed by atoms with Crippen molar-refractivity contribution in [3.63, 3.8) is 0 Å². The summed E-state index contributed by atoms with van der Waals surface area (Å²) in [5, 5.41) is 10.9. The molecule has 3 unspecified atom stereocenters. The van der Waals surface area contributed by atoms with Crippen molar-refractivity contribution in [1.82, 2.24) is 9.80 Å². The lowest BCUT2D eigenvalue weighted by Crippen LogP contribution is -2.48. The molecule has 1 aromatic carbocycles. The monoisotopic (exact) mass is 500 g/mol. The zero-order valence-corrected chi connectivity index (χ0v) is 22.7. The molecule has 2 aliphatic heterocycles. The number of fused-ring (bicyclic) bond motifs is 1. The molecule has 2 heterocycles. The third-order valence-electron chi connectivity index (χ3n) is 6.60. The van der Waals surface area contributed by atoms with E-state index in [1.54, 1.807) is 12.1 Å². The van der Waals surface area contributed by atoms with Gasteiger partial charge < -0.3 is 19.5 Å². The molecule has 3 atom stereocenters. The number of aliphatic hydroxyl groups excluding tert-OH is 1. The standard InChI is InChI=1S/C27H38N2O5.C2H6/c1-5-6-26(31)33-17-20(3)8-7-19(2)15-28-11-13-29(14-12-28)16-25(30)22-9-10-23-24(21(22)4)18-34-27(23)32;1-2/h5,7-10,19-20,25,30H,1,6,11-18H2,2-4H3;1-2H3/b8-7+;. The zero-order chi connectivity index (χ0) is 26.7. The molecular formula is C29H44N2O5. The summed E-state index contributed by atoms with van der Waals surface area (Å²) in [6, 6.07) is 3.63. The SMILES string of the molecule is C=CCC(=O)OCC(C)/C=C/C(C)CN1CCN(CC(O)c2ccc3c(c2C)COC3=O)CC1.CC. The third-order valence-corrected chi connectivity index (χ3v) is 6.60. The Morgan fingerprint density at radius 1 is 1.11 bits per heavy atom. The first-order valence-corrected chi connectivity index (χ1v) is 13.2. The summed E-state index contributed by atoms with van der Waals surface area (Å²) in [6.07, 6.45) is 5.54. The fourth-order valence-electron chi connectivity index (χ4n) is 4.53. The van der Waals surface area contributed by atoms with Crippen molar-refractivity contribution in [1.29, 1.82) is 0 Å². The molecule has 0 spiro atoms. The third kappa shape index (κ3) is 8.57. The van der Waals surface area contributed by atoms with Crippen LogP contribution in [0.5, 0.6) is 0 Å². The number of piperazine rings is 1. The number of carbonyl (C=O) groups excluding carboxylic acids is 2. The van der Waals surface area contributed by atoms with Crippen molar-refractivity contribution in [3.05, 3.63) is 59.2 Å². The van der Waals surface area contributed by atoms with Crippen molar-refractivity contribution in [2.24, 2.45) is 11.8 Å². The second-order valence-corrected chi connectivity index (χ2v) is 9.51. The van der Waals surface area contributed by atoms with Crippen LogP contribution in [0.4, 0.5) is 0 Å². The lowest BCUT2D eigenvalue weighted by Gasteiger charge is -2.36. The van der Waals surface area contributed by atoms with Crippen LogP contribution in [0.25, 0.3) is 0 Å². The molecular weight excluding hydrogens is 456 g/mol. The van der Waals surface area contributed by atoms with E-state index in [9.17, 15) is 14.7 Å². The second-order valence-electron chi connectivity index (χ2n) is 9.51. The number of hydrogen-bond acceptors (Lipinski definition) is 7. The summed E-state index contributed by atoms with van der Waals surface area (Å²) in [5.41, 5.74) is 3.35. The predicted octanol–water partition coefficient (Wildman–Crippen LogP) is 4.29. The molecule has 3 rings (SSSR count). The van der Waals surface area contributed by atoms with Crippen molar-refractivity contribution >= 4 is 11.9 Å². The summed E-state index contributed by atoms with van der Waals surface area (Å²) in [6.45, 7) is 19.7. The van der Waals surface area contributed by atoms with Gasteiger partial charge in [-0.3, -0.25) is 9.69 Å². The zero-order valence-electron chi connectivity index (χ0n) is 22.7. The van der Waals surface area contributed by atoms with Crippen molar-refractivity contribution in [2.75, 3.05) is 45.9 Å². The van der Waals surface area contributed by atoms with Crippen LogP contribution in [-0.4, -0.2) is 72.7 Å². The molecule has 1 saturated heterocycles. The summed E-state index contributed by atoms with van der Waals surface area (Å²) in [7, 11) is 0. The molecule has 1 aromatic rings. The summed E-state index contributed by atoms with van der Waals surface area (Å²) in [5.74, 6) is 0.0758. The Morgan fingerprint density at radius 3 is 2.36 bits per heavy atom. The van der Waals surface area contributed by atoms with Crippen molar-refractivity contribution in [3.8, 4) is 0 Å². The first-order valence-electron chi connectivity index (χ1n) is 13.2. The minimum absolute atomic E-state index is 0.182. The van der Waals surface area contributed by atoms with Crippen LogP contribution in [0.15, 0.2) is 36.9 Å².